The van der Waals surface area contributed by atoms with Crippen molar-refractivity contribution in [3.05, 3.63) is 60.2 Å². The van der Waals surface area contributed by atoms with Crippen LogP contribution in [-0.2, 0) is 9.59 Å². The van der Waals surface area contributed by atoms with E-state index in [1.807, 2.05) is 68.4 Å². The zero-order valence-corrected chi connectivity index (χ0v) is 21.5. The van der Waals surface area contributed by atoms with Crippen LogP contribution in [0.25, 0.3) is 0 Å². The Balaban J connectivity index is 1.66. The molecule has 0 radical (unpaired) electrons. The average Bonchev–Trinajstić information content (AvgIpc) is 2.79. The summed E-state index contributed by atoms with van der Waals surface area (Å²) in [5.41, 5.74) is 0.957. The van der Waals surface area contributed by atoms with Gasteiger partial charge in [0.05, 0.1) is 0 Å². The van der Waals surface area contributed by atoms with Gasteiger partial charge in [0.2, 0.25) is 0 Å². The van der Waals surface area contributed by atoms with Crippen molar-refractivity contribution in [2.24, 2.45) is 5.41 Å². The molecule has 0 aliphatic heterocycles. The van der Waals surface area contributed by atoms with Crippen LogP contribution in [0.5, 0.6) is 0 Å². The first-order chi connectivity index (χ1) is 15.8. The number of carbonyl (C=O) groups excluding carboxylic acids is 3. The molecule has 0 saturated carbocycles. The maximum absolute atomic E-state index is 12.6. The van der Waals surface area contributed by atoms with Gasteiger partial charge in [-0.25, -0.2) is 0 Å². The number of carbonyl (C=O) groups is 3. The molecule has 33 heavy (non-hydrogen) atoms. The van der Waals surface area contributed by atoms with Crippen molar-refractivity contribution < 1.29 is 19.5 Å². The van der Waals surface area contributed by atoms with Gasteiger partial charge in [-0.3, -0.25) is 0 Å². The second-order valence-corrected chi connectivity index (χ2v) is 12.4. The van der Waals surface area contributed by atoms with Crippen LogP contribution in [0.15, 0.2) is 54.6 Å². The molecule has 0 fully saturated rings. The summed E-state index contributed by atoms with van der Waals surface area (Å²) in [5, 5.41) is 17.7. The van der Waals surface area contributed by atoms with Gasteiger partial charge in [0.25, 0.3) is 0 Å². The predicted molar refractivity (Wildman–Crippen MR) is 135 cm³/mol. The molecule has 3 amide bonds. The van der Waals surface area contributed by atoms with E-state index in [-0.39, 0.29) is 57.6 Å². The van der Waals surface area contributed by atoms with Crippen LogP contribution in [0.1, 0.15) is 37.0 Å². The summed E-state index contributed by atoms with van der Waals surface area (Å²) >= 11 is 0.0306. The van der Waals surface area contributed by atoms with Gasteiger partial charge in [-0.15, -0.1) is 0 Å². The van der Waals surface area contributed by atoms with Crippen LogP contribution >= 0.6 is 10.2 Å². The van der Waals surface area contributed by atoms with Crippen LogP contribution in [0.2, 0.25) is 0 Å². The molecule has 0 aliphatic rings. The Morgan fingerprint density at radius 2 is 1.61 bits per heavy atom. The summed E-state index contributed by atoms with van der Waals surface area (Å²) in [6, 6.07) is 16.9. The third-order valence-corrected chi connectivity index (χ3v) is 8.90. The van der Waals surface area contributed by atoms with Crippen LogP contribution in [0, 0.1) is 5.41 Å². The maximum atomic E-state index is 12.6. The quantitative estimate of drug-likeness (QED) is 0.231. The van der Waals surface area contributed by atoms with E-state index in [0.29, 0.717) is 12.1 Å². The van der Waals surface area contributed by atoms with E-state index in [4.69, 9.17) is 0 Å². The van der Waals surface area contributed by atoms with Crippen LogP contribution < -0.4 is 20.4 Å². The van der Waals surface area contributed by atoms with Gasteiger partial charge in [-0.1, -0.05) is 0 Å². The van der Waals surface area contributed by atoms with Crippen molar-refractivity contribution >= 4 is 51.9 Å². The van der Waals surface area contributed by atoms with Crippen molar-refractivity contribution in [1.29, 1.82) is 0 Å². The van der Waals surface area contributed by atoms with Crippen molar-refractivity contribution in [2.45, 2.75) is 26.7 Å². The molecule has 0 unspecified atom stereocenters. The number of para-hydroxylation sites is 1. The Kier molecular flexibility index (Phi) is 11.5. The fraction of sp³-hybridized carbons (Fsp3) is 0.375. The molecule has 0 bridgehead atoms. The van der Waals surface area contributed by atoms with Crippen molar-refractivity contribution in [2.75, 3.05) is 30.8 Å². The number of benzene rings is 2. The number of amides is 3. The molecule has 178 valence electrons. The molecule has 9 heteroatoms. The third kappa shape index (κ3) is 10.4. The van der Waals surface area contributed by atoms with Crippen molar-refractivity contribution in [3.8, 4) is 0 Å². The molecule has 0 aliphatic carbocycles. The minimum atomic E-state index is -0.466. The monoisotopic (exact) mass is 537 g/mol. The van der Waals surface area contributed by atoms with E-state index in [1.165, 1.54) is 0 Å². The Morgan fingerprint density at radius 3 is 2.33 bits per heavy atom. The number of anilines is 1. The zero-order valence-electron chi connectivity index (χ0n) is 18.9. The first-order valence-electron chi connectivity index (χ1n) is 10.7. The summed E-state index contributed by atoms with van der Waals surface area (Å²) in [7, 11) is 1.70. The normalized spacial score (nSPS) is 11.0. The van der Waals surface area contributed by atoms with Gasteiger partial charge >= 0.3 is 200 Å². The van der Waals surface area contributed by atoms with Crippen LogP contribution in [-0.4, -0.2) is 62.1 Å². The van der Waals surface area contributed by atoms with Crippen molar-refractivity contribution in [3.63, 3.8) is 0 Å². The first kappa shape index (κ1) is 26.9. The Hall–Kier alpha value is -2.32. The molecule has 4 N–H and O–H groups in total. The predicted octanol–water partition coefficient (Wildman–Crippen LogP) is 1.95. The molecular formula is C24H31N3O4SSe. The SMILES string of the molecule is CC(C)(CO)CC(=O)NCCC(=O)NCCS[Se]c1ccccc1C(=O)Nc1ccccc1. The molecule has 0 aromatic heterocycles. The second kappa shape index (κ2) is 14.1. The molecule has 0 heterocycles. The van der Waals surface area contributed by atoms with Crippen LogP contribution in [0.3, 0.4) is 0 Å². The Labute approximate surface area is 204 Å². The van der Waals surface area contributed by atoms with Gasteiger partial charge in [0.15, 0.2) is 0 Å². The summed E-state index contributed by atoms with van der Waals surface area (Å²) in [4.78, 5) is 36.4. The van der Waals surface area contributed by atoms with E-state index in [2.05, 4.69) is 16.0 Å². The molecule has 2 aromatic carbocycles. The van der Waals surface area contributed by atoms with Gasteiger partial charge in [0, 0.05) is 0 Å². The van der Waals surface area contributed by atoms with E-state index >= 15 is 0 Å². The average molecular weight is 537 g/mol. The molecule has 7 nitrogen and oxygen atoms in total. The van der Waals surface area contributed by atoms with E-state index in [1.54, 1.807) is 10.2 Å². The Morgan fingerprint density at radius 1 is 0.939 bits per heavy atom. The number of aliphatic hydroxyl groups excluding tert-OH is 1. The van der Waals surface area contributed by atoms with E-state index in [0.717, 1.165) is 15.9 Å². The zero-order chi connectivity index (χ0) is 24.1. The number of nitrogens with one attached hydrogen (secondary N) is 3. The number of hydrogen-bond acceptors (Lipinski definition) is 5. The molecule has 0 saturated heterocycles. The summed E-state index contributed by atoms with van der Waals surface area (Å²) < 4.78 is 1.00. The number of aliphatic hydroxyl groups is 1. The number of rotatable bonds is 13. The fourth-order valence-electron chi connectivity index (χ4n) is 2.74. The molecular weight excluding hydrogens is 505 g/mol. The third-order valence-electron chi connectivity index (χ3n) is 4.56. The first-order valence-corrected chi connectivity index (χ1v) is 14.6. The molecule has 0 atom stereocenters. The Bertz CT molecular complexity index is 925. The van der Waals surface area contributed by atoms with Crippen LogP contribution in [0.4, 0.5) is 5.69 Å². The standard InChI is InChI=1S/C24H31N3O4SSe/c1-24(2,17-28)16-22(30)25-13-12-21(29)26-14-15-32-33-20-11-7-6-10-19(20)23(31)27-18-8-4-3-5-9-18/h3-11,28H,12-17H2,1-2H3,(H,25,30)(H,26,29)(H,27,31). The van der Waals surface area contributed by atoms with Gasteiger partial charge in [-0.2, -0.15) is 0 Å². The molecule has 2 aromatic rings. The molecule has 0 spiro atoms. The summed E-state index contributed by atoms with van der Waals surface area (Å²) in [6.07, 6.45) is 0.429. The fourth-order valence-corrected chi connectivity index (χ4v) is 6.55. The topological polar surface area (TPSA) is 108 Å². The van der Waals surface area contributed by atoms with E-state index < -0.39 is 5.41 Å². The van der Waals surface area contributed by atoms with E-state index in [9.17, 15) is 19.5 Å². The van der Waals surface area contributed by atoms with Gasteiger partial charge < -0.3 is 5.11 Å². The van der Waals surface area contributed by atoms with Gasteiger partial charge in [-0.05, 0) is 0 Å². The summed E-state index contributed by atoms with van der Waals surface area (Å²) in [5.74, 6) is 0.316. The van der Waals surface area contributed by atoms with Crippen molar-refractivity contribution in [1.82, 2.24) is 10.6 Å². The number of hydrogen-bond donors (Lipinski definition) is 4. The van der Waals surface area contributed by atoms with Gasteiger partial charge in [0.1, 0.15) is 0 Å². The molecule has 2 rings (SSSR count). The second-order valence-electron chi connectivity index (χ2n) is 8.17. The summed E-state index contributed by atoms with van der Waals surface area (Å²) in [6.45, 7) is 4.35. The minimum absolute atomic E-state index is 0.0306.